The van der Waals surface area contributed by atoms with Gasteiger partial charge in [-0.3, -0.25) is 14.5 Å². The van der Waals surface area contributed by atoms with E-state index in [9.17, 15) is 14.0 Å². The van der Waals surface area contributed by atoms with E-state index >= 15 is 0 Å². The molecular formula is C17H22FN5O2. The molecule has 7 nitrogen and oxygen atoms in total. The second-order valence-corrected chi connectivity index (χ2v) is 6.47. The lowest BCUT2D eigenvalue weighted by molar-refractivity contribution is 0.0746. The highest BCUT2D eigenvalue weighted by molar-refractivity contribution is 5.93. The minimum Gasteiger partial charge on any atom is -0.340 e. The zero-order chi connectivity index (χ0) is 18.0. The molecule has 0 unspecified atom stereocenters. The summed E-state index contributed by atoms with van der Waals surface area (Å²) in [5, 5.41) is 0. The number of rotatable bonds is 5. The van der Waals surface area contributed by atoms with Gasteiger partial charge in [-0.2, -0.15) is 0 Å². The molecule has 1 saturated heterocycles. The van der Waals surface area contributed by atoms with Gasteiger partial charge in [0.2, 0.25) is 0 Å². The number of H-pyrrole nitrogens is 1. The monoisotopic (exact) mass is 347 g/mol. The standard InChI is InChI=1S/C17H22FN5O2/c1-21-7-6-19-15(21)11-23-9-12(18)8-13(23)10-22(2)17(25)14-4-3-5-20-16(14)24/h3-7,12-13H,8-11H2,1-2H3,(H,20,24)/t12-,13-/m0/s1. The number of likely N-dealkylation sites (N-methyl/N-ethyl adjacent to an activating group) is 1. The zero-order valence-corrected chi connectivity index (χ0v) is 14.4. The Morgan fingerprint density at radius 2 is 2.32 bits per heavy atom. The molecular weight excluding hydrogens is 325 g/mol. The van der Waals surface area contributed by atoms with Crippen molar-refractivity contribution in [2.24, 2.45) is 7.05 Å². The number of imidazole rings is 1. The number of likely N-dealkylation sites (tertiary alicyclic amines) is 1. The maximum Gasteiger partial charge on any atom is 0.260 e. The molecule has 1 aliphatic rings. The number of halogens is 1. The van der Waals surface area contributed by atoms with Crippen molar-refractivity contribution in [2.75, 3.05) is 20.1 Å². The van der Waals surface area contributed by atoms with E-state index in [2.05, 4.69) is 9.97 Å². The van der Waals surface area contributed by atoms with Crippen LogP contribution in [0.15, 0.2) is 35.5 Å². The number of carbonyl (C=O) groups excluding carboxylic acids is 1. The number of hydrogen-bond donors (Lipinski definition) is 1. The van der Waals surface area contributed by atoms with Crippen LogP contribution >= 0.6 is 0 Å². The molecule has 8 heteroatoms. The second kappa shape index (κ2) is 7.18. The lowest BCUT2D eigenvalue weighted by Crippen LogP contribution is -2.42. The molecule has 1 amide bonds. The van der Waals surface area contributed by atoms with Crippen molar-refractivity contribution in [3.63, 3.8) is 0 Å². The highest BCUT2D eigenvalue weighted by Crippen LogP contribution is 2.23. The van der Waals surface area contributed by atoms with E-state index in [0.717, 1.165) is 5.82 Å². The zero-order valence-electron chi connectivity index (χ0n) is 14.4. The molecule has 0 spiro atoms. The topological polar surface area (TPSA) is 74.2 Å². The van der Waals surface area contributed by atoms with Crippen molar-refractivity contribution in [3.05, 3.63) is 52.5 Å². The summed E-state index contributed by atoms with van der Waals surface area (Å²) in [6.07, 6.45) is 4.50. The summed E-state index contributed by atoms with van der Waals surface area (Å²) < 4.78 is 15.9. The minimum absolute atomic E-state index is 0.0930. The van der Waals surface area contributed by atoms with Crippen LogP contribution in [0.25, 0.3) is 0 Å². The predicted molar refractivity (Wildman–Crippen MR) is 90.9 cm³/mol. The Bertz CT molecular complexity index is 802. The van der Waals surface area contributed by atoms with Gasteiger partial charge in [0.25, 0.3) is 11.5 Å². The fraction of sp³-hybridized carbons (Fsp3) is 0.471. The third-order valence-corrected chi connectivity index (χ3v) is 4.62. The van der Waals surface area contributed by atoms with Gasteiger partial charge in [0.05, 0.1) is 6.54 Å². The van der Waals surface area contributed by atoms with Crippen molar-refractivity contribution in [1.82, 2.24) is 24.3 Å². The second-order valence-electron chi connectivity index (χ2n) is 6.47. The highest BCUT2D eigenvalue weighted by atomic mass is 19.1. The summed E-state index contributed by atoms with van der Waals surface area (Å²) in [5.41, 5.74) is -0.325. The Morgan fingerprint density at radius 1 is 1.52 bits per heavy atom. The van der Waals surface area contributed by atoms with Gasteiger partial charge in [0.15, 0.2) is 0 Å². The number of aryl methyl sites for hydroxylation is 1. The van der Waals surface area contributed by atoms with Crippen LogP contribution in [0.2, 0.25) is 0 Å². The first-order valence-corrected chi connectivity index (χ1v) is 8.23. The number of aromatic amines is 1. The molecule has 2 aromatic rings. The number of nitrogens with zero attached hydrogens (tertiary/aromatic N) is 4. The fourth-order valence-corrected chi connectivity index (χ4v) is 3.23. The minimum atomic E-state index is -0.922. The summed E-state index contributed by atoms with van der Waals surface area (Å²) in [5.74, 6) is 0.494. The van der Waals surface area contributed by atoms with E-state index in [-0.39, 0.29) is 17.5 Å². The van der Waals surface area contributed by atoms with Gasteiger partial charge < -0.3 is 14.5 Å². The number of alkyl halides is 1. The summed E-state index contributed by atoms with van der Waals surface area (Å²) in [7, 11) is 3.54. The molecule has 2 atom stereocenters. The molecule has 134 valence electrons. The van der Waals surface area contributed by atoms with Gasteiger partial charge in [0, 0.05) is 51.8 Å². The third-order valence-electron chi connectivity index (χ3n) is 4.62. The Kier molecular flexibility index (Phi) is 4.98. The van der Waals surface area contributed by atoms with Gasteiger partial charge in [0.1, 0.15) is 17.6 Å². The summed E-state index contributed by atoms with van der Waals surface area (Å²) >= 11 is 0. The van der Waals surface area contributed by atoms with Gasteiger partial charge in [-0.1, -0.05) is 0 Å². The first kappa shape index (κ1) is 17.3. The first-order valence-electron chi connectivity index (χ1n) is 8.23. The van der Waals surface area contributed by atoms with Crippen molar-refractivity contribution in [1.29, 1.82) is 0 Å². The molecule has 1 fully saturated rings. The molecule has 0 aliphatic carbocycles. The Labute approximate surface area is 145 Å². The molecule has 1 N–H and O–H groups in total. The predicted octanol–water partition coefficient (Wildman–Crippen LogP) is 0.793. The third kappa shape index (κ3) is 3.79. The van der Waals surface area contributed by atoms with Gasteiger partial charge in [-0.25, -0.2) is 9.37 Å². The van der Waals surface area contributed by atoms with Crippen molar-refractivity contribution < 1.29 is 9.18 Å². The van der Waals surface area contributed by atoms with Crippen LogP contribution in [0.5, 0.6) is 0 Å². The number of aromatic nitrogens is 3. The van der Waals surface area contributed by atoms with Crippen LogP contribution in [0.1, 0.15) is 22.6 Å². The summed E-state index contributed by atoms with van der Waals surface area (Å²) in [6.45, 7) is 1.21. The van der Waals surface area contributed by atoms with E-state index in [1.807, 2.05) is 22.7 Å². The number of amides is 1. The average molecular weight is 347 g/mol. The number of carbonyl (C=O) groups is 1. The lowest BCUT2D eigenvalue weighted by Gasteiger charge is -2.28. The van der Waals surface area contributed by atoms with Gasteiger partial charge in [-0.15, -0.1) is 0 Å². The van der Waals surface area contributed by atoms with Crippen LogP contribution in [0.3, 0.4) is 0 Å². The largest absolute Gasteiger partial charge is 0.340 e. The number of hydrogen-bond acceptors (Lipinski definition) is 4. The highest BCUT2D eigenvalue weighted by Gasteiger charge is 2.34. The molecule has 0 bridgehead atoms. The van der Waals surface area contributed by atoms with Crippen molar-refractivity contribution >= 4 is 5.91 Å². The summed E-state index contributed by atoms with van der Waals surface area (Å²) in [4.78, 5) is 34.5. The van der Waals surface area contributed by atoms with E-state index in [0.29, 0.717) is 26.1 Å². The molecule has 3 heterocycles. The number of nitrogens with one attached hydrogen (secondary N) is 1. The van der Waals surface area contributed by atoms with Crippen LogP contribution in [-0.2, 0) is 13.6 Å². The van der Waals surface area contributed by atoms with Crippen molar-refractivity contribution in [2.45, 2.75) is 25.2 Å². The quantitative estimate of drug-likeness (QED) is 0.868. The fourth-order valence-electron chi connectivity index (χ4n) is 3.23. The SMILES string of the molecule is CN(C[C@@H]1C[C@H](F)CN1Cc1nccn1C)C(=O)c1ccc[nH]c1=O. The average Bonchev–Trinajstić information content (AvgIpc) is 3.13. The number of pyridine rings is 1. The Balaban J connectivity index is 1.69. The van der Waals surface area contributed by atoms with Crippen LogP contribution in [0, 0.1) is 0 Å². The van der Waals surface area contributed by atoms with E-state index in [4.69, 9.17) is 0 Å². The maximum atomic E-state index is 14.0. The molecule has 1 aliphatic heterocycles. The van der Waals surface area contributed by atoms with Gasteiger partial charge in [-0.05, 0) is 18.6 Å². The van der Waals surface area contributed by atoms with E-state index in [1.165, 1.54) is 17.2 Å². The maximum absolute atomic E-state index is 14.0. The molecule has 0 radical (unpaired) electrons. The molecule has 0 saturated carbocycles. The lowest BCUT2D eigenvalue weighted by atomic mass is 10.1. The Hall–Kier alpha value is -2.48. The van der Waals surface area contributed by atoms with Crippen LogP contribution in [-0.4, -0.2) is 62.6 Å². The molecule has 2 aromatic heterocycles. The normalized spacial score (nSPS) is 20.8. The van der Waals surface area contributed by atoms with Crippen LogP contribution in [0.4, 0.5) is 4.39 Å². The molecule has 25 heavy (non-hydrogen) atoms. The summed E-state index contributed by atoms with van der Waals surface area (Å²) in [6, 6.07) is 3.00. The van der Waals surface area contributed by atoms with E-state index < -0.39 is 11.7 Å². The van der Waals surface area contributed by atoms with E-state index in [1.54, 1.807) is 19.3 Å². The van der Waals surface area contributed by atoms with Gasteiger partial charge >= 0.3 is 0 Å². The molecule has 3 rings (SSSR count). The first-order chi connectivity index (χ1) is 12.0. The smallest absolute Gasteiger partial charge is 0.260 e. The van der Waals surface area contributed by atoms with Crippen LogP contribution < -0.4 is 5.56 Å². The Morgan fingerprint density at radius 3 is 3.00 bits per heavy atom. The van der Waals surface area contributed by atoms with Crippen molar-refractivity contribution in [3.8, 4) is 0 Å². The molecule has 0 aromatic carbocycles.